The minimum atomic E-state index is -0.451. The molecule has 0 bridgehead atoms. The lowest BCUT2D eigenvalue weighted by Crippen LogP contribution is -2.13. The Morgan fingerprint density at radius 1 is 0.950 bits per heavy atom. The summed E-state index contributed by atoms with van der Waals surface area (Å²) in [6.07, 6.45) is 0.0528. The molecular formula is C17H12O3. The van der Waals surface area contributed by atoms with Crippen LogP contribution < -0.4 is 5.63 Å². The van der Waals surface area contributed by atoms with Crippen molar-refractivity contribution in [2.24, 2.45) is 0 Å². The van der Waals surface area contributed by atoms with Gasteiger partial charge in [-0.2, -0.15) is 0 Å². The minimum absolute atomic E-state index is 0.0528. The molecule has 3 heteroatoms. The number of hydrogen-bond acceptors (Lipinski definition) is 3. The van der Waals surface area contributed by atoms with Gasteiger partial charge in [0.1, 0.15) is 5.58 Å². The molecule has 0 saturated carbocycles. The zero-order valence-corrected chi connectivity index (χ0v) is 10.7. The number of carbonyl (C=O) groups excluding carboxylic acids is 1. The number of hydrogen-bond donors (Lipinski definition) is 0. The Labute approximate surface area is 115 Å². The third kappa shape index (κ3) is 2.38. The summed E-state index contributed by atoms with van der Waals surface area (Å²) in [5, 5.41) is 0.822. The number of ketones is 1. The molecule has 0 aliphatic rings. The Morgan fingerprint density at radius 2 is 1.65 bits per heavy atom. The highest BCUT2D eigenvalue weighted by atomic mass is 16.4. The van der Waals surface area contributed by atoms with E-state index in [2.05, 4.69) is 0 Å². The smallest absolute Gasteiger partial charge is 0.339 e. The molecule has 3 nitrogen and oxygen atoms in total. The van der Waals surface area contributed by atoms with Crippen molar-refractivity contribution in [3.05, 3.63) is 82.2 Å². The number of carbonyl (C=O) groups is 1. The molecule has 0 amide bonds. The molecular weight excluding hydrogens is 252 g/mol. The molecule has 0 saturated heterocycles. The van der Waals surface area contributed by atoms with Gasteiger partial charge in [-0.3, -0.25) is 4.79 Å². The van der Waals surface area contributed by atoms with Crippen LogP contribution in [0.3, 0.4) is 0 Å². The van der Waals surface area contributed by atoms with Crippen LogP contribution in [0.5, 0.6) is 0 Å². The maximum atomic E-state index is 12.1. The van der Waals surface area contributed by atoms with Crippen molar-refractivity contribution in [1.29, 1.82) is 0 Å². The van der Waals surface area contributed by atoms with Crippen molar-refractivity contribution in [1.82, 2.24) is 0 Å². The van der Waals surface area contributed by atoms with Crippen molar-refractivity contribution < 1.29 is 9.21 Å². The van der Waals surface area contributed by atoms with Crippen LogP contribution in [0.2, 0.25) is 0 Å². The lowest BCUT2D eigenvalue weighted by molar-refractivity contribution is 0.0992. The molecule has 0 fully saturated rings. The van der Waals surface area contributed by atoms with E-state index in [0.717, 1.165) is 5.39 Å². The summed E-state index contributed by atoms with van der Waals surface area (Å²) in [6.45, 7) is 0. The van der Waals surface area contributed by atoms with E-state index in [1.54, 1.807) is 42.5 Å². The molecule has 0 radical (unpaired) electrons. The van der Waals surface area contributed by atoms with E-state index < -0.39 is 5.63 Å². The van der Waals surface area contributed by atoms with Crippen LogP contribution in [0, 0.1) is 0 Å². The van der Waals surface area contributed by atoms with E-state index in [1.165, 1.54) is 0 Å². The third-order valence-electron chi connectivity index (χ3n) is 3.16. The summed E-state index contributed by atoms with van der Waals surface area (Å²) < 4.78 is 5.22. The van der Waals surface area contributed by atoms with Gasteiger partial charge in [0.05, 0.1) is 0 Å². The number of para-hydroxylation sites is 1. The van der Waals surface area contributed by atoms with E-state index in [-0.39, 0.29) is 12.2 Å². The Balaban J connectivity index is 1.97. The van der Waals surface area contributed by atoms with Gasteiger partial charge in [0.2, 0.25) is 0 Å². The number of rotatable bonds is 3. The normalized spacial score (nSPS) is 10.6. The van der Waals surface area contributed by atoms with Crippen LogP contribution in [-0.2, 0) is 6.42 Å². The van der Waals surface area contributed by atoms with Gasteiger partial charge in [-0.05, 0) is 12.1 Å². The lowest BCUT2D eigenvalue weighted by Gasteiger charge is -2.02. The quantitative estimate of drug-likeness (QED) is 0.539. The molecule has 3 aromatic rings. The molecule has 98 valence electrons. The summed E-state index contributed by atoms with van der Waals surface area (Å²) in [5.74, 6) is -0.0896. The zero-order chi connectivity index (χ0) is 13.9. The summed E-state index contributed by atoms with van der Waals surface area (Å²) in [7, 11) is 0. The van der Waals surface area contributed by atoms with Crippen LogP contribution in [0.25, 0.3) is 11.0 Å². The van der Waals surface area contributed by atoms with Gasteiger partial charge in [0, 0.05) is 22.9 Å². The lowest BCUT2D eigenvalue weighted by atomic mass is 10.0. The Hall–Kier alpha value is -2.68. The summed E-state index contributed by atoms with van der Waals surface area (Å²) in [6, 6.07) is 17.9. The summed E-state index contributed by atoms with van der Waals surface area (Å²) >= 11 is 0. The molecule has 0 N–H and O–H groups in total. The first-order valence-electron chi connectivity index (χ1n) is 6.34. The minimum Gasteiger partial charge on any atom is -0.423 e. The Bertz CT molecular complexity index is 816. The fourth-order valence-electron chi connectivity index (χ4n) is 2.13. The van der Waals surface area contributed by atoms with Gasteiger partial charge >= 0.3 is 5.63 Å². The van der Waals surface area contributed by atoms with E-state index >= 15 is 0 Å². The predicted octanol–water partition coefficient (Wildman–Crippen LogP) is 3.22. The molecule has 0 aliphatic carbocycles. The highest BCUT2D eigenvalue weighted by molar-refractivity contribution is 5.97. The Morgan fingerprint density at radius 3 is 2.45 bits per heavy atom. The molecule has 1 heterocycles. The standard InChI is InChI=1S/C17H12O3/c18-15(12-6-2-1-3-7-12)11-14-10-13-8-4-5-9-16(13)20-17(14)19/h1-10H,11H2. The van der Waals surface area contributed by atoms with Crippen LogP contribution in [-0.4, -0.2) is 5.78 Å². The van der Waals surface area contributed by atoms with E-state index in [0.29, 0.717) is 16.7 Å². The van der Waals surface area contributed by atoms with E-state index in [9.17, 15) is 9.59 Å². The topological polar surface area (TPSA) is 47.3 Å². The van der Waals surface area contributed by atoms with Gasteiger partial charge in [-0.1, -0.05) is 48.5 Å². The molecule has 0 spiro atoms. The molecule has 2 aromatic carbocycles. The average Bonchev–Trinajstić information content (AvgIpc) is 2.49. The number of fused-ring (bicyclic) bond motifs is 1. The van der Waals surface area contributed by atoms with E-state index in [4.69, 9.17) is 4.42 Å². The van der Waals surface area contributed by atoms with Crippen LogP contribution in [0.1, 0.15) is 15.9 Å². The van der Waals surface area contributed by atoms with Crippen molar-refractivity contribution in [3.8, 4) is 0 Å². The van der Waals surface area contributed by atoms with Crippen molar-refractivity contribution in [2.45, 2.75) is 6.42 Å². The van der Waals surface area contributed by atoms with Crippen molar-refractivity contribution in [3.63, 3.8) is 0 Å². The first-order chi connectivity index (χ1) is 9.74. The van der Waals surface area contributed by atoms with E-state index in [1.807, 2.05) is 18.2 Å². The van der Waals surface area contributed by atoms with Gasteiger partial charge < -0.3 is 4.42 Å². The highest BCUT2D eigenvalue weighted by Gasteiger charge is 2.11. The van der Waals surface area contributed by atoms with Gasteiger partial charge in [-0.15, -0.1) is 0 Å². The fourth-order valence-corrected chi connectivity index (χ4v) is 2.13. The second-order valence-corrected chi connectivity index (χ2v) is 4.56. The first-order valence-corrected chi connectivity index (χ1v) is 6.34. The Kier molecular flexibility index (Phi) is 3.17. The maximum Gasteiger partial charge on any atom is 0.339 e. The average molecular weight is 264 g/mol. The third-order valence-corrected chi connectivity index (χ3v) is 3.16. The molecule has 20 heavy (non-hydrogen) atoms. The van der Waals surface area contributed by atoms with Crippen molar-refractivity contribution in [2.75, 3.05) is 0 Å². The molecule has 0 aliphatic heterocycles. The van der Waals surface area contributed by atoms with Crippen LogP contribution >= 0.6 is 0 Å². The molecule has 3 rings (SSSR count). The SMILES string of the molecule is O=C(Cc1cc2ccccc2oc1=O)c1ccccc1. The summed E-state index contributed by atoms with van der Waals surface area (Å²) in [4.78, 5) is 24.0. The number of benzene rings is 2. The van der Waals surface area contributed by atoms with Gasteiger partial charge in [0.15, 0.2) is 5.78 Å². The van der Waals surface area contributed by atoms with Crippen molar-refractivity contribution >= 4 is 16.8 Å². The largest absolute Gasteiger partial charge is 0.423 e. The molecule has 0 atom stereocenters. The molecule has 1 aromatic heterocycles. The monoisotopic (exact) mass is 264 g/mol. The number of Topliss-reactive ketones (excluding diaryl/α,β-unsaturated/α-hetero) is 1. The predicted molar refractivity (Wildman–Crippen MR) is 77.0 cm³/mol. The second kappa shape index (κ2) is 5.13. The zero-order valence-electron chi connectivity index (χ0n) is 10.7. The first kappa shape index (κ1) is 12.4. The second-order valence-electron chi connectivity index (χ2n) is 4.56. The summed E-state index contributed by atoms with van der Waals surface area (Å²) in [5.41, 5.74) is 1.07. The molecule has 0 unspecified atom stereocenters. The highest BCUT2D eigenvalue weighted by Crippen LogP contribution is 2.14. The van der Waals surface area contributed by atoms with Crippen LogP contribution in [0.4, 0.5) is 0 Å². The maximum absolute atomic E-state index is 12.1. The fraction of sp³-hybridized carbons (Fsp3) is 0.0588. The van der Waals surface area contributed by atoms with Gasteiger partial charge in [-0.25, -0.2) is 4.79 Å². The van der Waals surface area contributed by atoms with Crippen LogP contribution in [0.15, 0.2) is 69.9 Å². The van der Waals surface area contributed by atoms with Gasteiger partial charge in [0.25, 0.3) is 0 Å².